The Kier molecular flexibility index (Phi) is 6.42. The monoisotopic (exact) mass is 474 g/mol. The highest BCUT2D eigenvalue weighted by atomic mass is 32.2. The zero-order chi connectivity index (χ0) is 24.2. The summed E-state index contributed by atoms with van der Waals surface area (Å²) in [6, 6.07) is 16.6. The maximum atomic E-state index is 12.8. The molecule has 0 unspecified atom stereocenters. The summed E-state index contributed by atoms with van der Waals surface area (Å²) < 4.78 is 0. The quantitative estimate of drug-likeness (QED) is 0.313. The van der Waals surface area contributed by atoms with Crippen molar-refractivity contribution in [1.29, 1.82) is 5.26 Å². The number of amides is 2. The smallest absolute Gasteiger partial charge is 0.269 e. The van der Waals surface area contributed by atoms with E-state index in [0.29, 0.717) is 24.3 Å². The molecule has 11 heteroatoms. The average molecular weight is 475 g/mol. The van der Waals surface area contributed by atoms with Crippen LogP contribution in [0.4, 0.5) is 22.9 Å². The molecule has 0 bridgehead atoms. The van der Waals surface area contributed by atoms with Crippen LogP contribution in [0.15, 0.2) is 59.6 Å². The molecule has 0 aliphatic carbocycles. The fraction of sp³-hybridized carbons (Fsp3) is 0.130. The Bertz CT molecular complexity index is 1340. The van der Waals surface area contributed by atoms with Gasteiger partial charge in [0.05, 0.1) is 21.8 Å². The number of carbonyl (C=O) groups excluding carboxylic acids is 2. The number of hydrogen-bond acceptors (Lipinski definition) is 8. The highest BCUT2D eigenvalue weighted by molar-refractivity contribution is 8.00. The molecule has 1 aromatic heterocycles. The summed E-state index contributed by atoms with van der Waals surface area (Å²) in [5.41, 5.74) is 8.11. The van der Waals surface area contributed by atoms with Crippen LogP contribution in [0.2, 0.25) is 0 Å². The van der Waals surface area contributed by atoms with Crippen LogP contribution in [-0.4, -0.2) is 34.0 Å². The van der Waals surface area contributed by atoms with Crippen LogP contribution in [0.3, 0.4) is 0 Å². The van der Waals surface area contributed by atoms with Crippen molar-refractivity contribution in [2.75, 3.05) is 28.2 Å². The van der Waals surface area contributed by atoms with Crippen molar-refractivity contribution in [3.63, 3.8) is 0 Å². The number of nitrogens with zero attached hydrogens (tertiary/aromatic N) is 4. The number of nitrogens with two attached hydrogens (primary N) is 1. The first-order valence-electron chi connectivity index (χ1n) is 10.1. The van der Waals surface area contributed by atoms with Gasteiger partial charge in [-0.1, -0.05) is 30.0 Å². The molecule has 0 atom stereocenters. The molecule has 34 heavy (non-hydrogen) atoms. The topological polar surface area (TPSA) is 155 Å². The number of carbonyl (C=O) groups is 2. The summed E-state index contributed by atoms with van der Waals surface area (Å²) in [5, 5.41) is 23.5. The van der Waals surface area contributed by atoms with Crippen LogP contribution in [0.1, 0.15) is 21.5 Å². The first-order valence-corrected chi connectivity index (χ1v) is 11.1. The van der Waals surface area contributed by atoms with Gasteiger partial charge < -0.3 is 16.0 Å². The van der Waals surface area contributed by atoms with Crippen molar-refractivity contribution < 1.29 is 14.5 Å². The third kappa shape index (κ3) is 4.67. The Hall–Kier alpha value is -4.43. The number of para-hydroxylation sites is 1. The lowest BCUT2D eigenvalue weighted by molar-refractivity contribution is -0.384. The second kappa shape index (κ2) is 9.60. The van der Waals surface area contributed by atoms with E-state index in [4.69, 9.17) is 5.73 Å². The number of fused-ring (bicyclic) bond motifs is 1. The van der Waals surface area contributed by atoms with Crippen molar-refractivity contribution in [2.24, 2.45) is 0 Å². The van der Waals surface area contributed by atoms with Gasteiger partial charge in [0.2, 0.25) is 5.91 Å². The van der Waals surface area contributed by atoms with Crippen molar-refractivity contribution in [2.45, 2.75) is 11.4 Å². The zero-order valence-electron chi connectivity index (χ0n) is 17.7. The van der Waals surface area contributed by atoms with Crippen molar-refractivity contribution >= 4 is 46.5 Å². The number of nitrogens with one attached hydrogen (secondary N) is 1. The van der Waals surface area contributed by atoms with Crippen LogP contribution in [-0.2, 0) is 11.2 Å². The highest BCUT2D eigenvalue weighted by Gasteiger charge is 2.27. The van der Waals surface area contributed by atoms with E-state index in [2.05, 4.69) is 10.3 Å². The molecule has 3 aromatic rings. The fourth-order valence-corrected chi connectivity index (χ4v) is 4.41. The Morgan fingerprint density at radius 1 is 1.24 bits per heavy atom. The van der Waals surface area contributed by atoms with Gasteiger partial charge in [0, 0.05) is 30.1 Å². The molecule has 2 amide bonds. The van der Waals surface area contributed by atoms with E-state index >= 15 is 0 Å². The summed E-state index contributed by atoms with van der Waals surface area (Å²) in [5.74, 6) is -0.801. The van der Waals surface area contributed by atoms with E-state index < -0.39 is 10.8 Å². The maximum absolute atomic E-state index is 12.8. The van der Waals surface area contributed by atoms with Crippen LogP contribution in [0.25, 0.3) is 0 Å². The van der Waals surface area contributed by atoms with Gasteiger partial charge >= 0.3 is 0 Å². The number of aromatic nitrogens is 1. The normalized spacial score (nSPS) is 12.0. The molecular weight excluding hydrogens is 456 g/mol. The number of nitro benzene ring substituents is 1. The molecule has 0 fully saturated rings. The van der Waals surface area contributed by atoms with Gasteiger partial charge in [-0.2, -0.15) is 5.26 Å². The van der Waals surface area contributed by atoms with Crippen LogP contribution in [0, 0.1) is 21.4 Å². The molecule has 4 rings (SSSR count). The van der Waals surface area contributed by atoms with Gasteiger partial charge in [0.15, 0.2) is 0 Å². The number of rotatable bonds is 6. The standard InChI is InChI=1S/C23H18N6O4S/c24-12-15-11-18(22(31)26-16-4-2-1-3-5-16)21(25)27-23(15)34-13-20(30)28-9-8-14-10-17(29(32)33)6-7-19(14)28/h1-7,10-11H,8-9,13H2,(H2,25,27)(H,26,31). The Balaban J connectivity index is 1.47. The second-order valence-electron chi connectivity index (χ2n) is 7.36. The van der Waals surface area contributed by atoms with Crippen LogP contribution in [0.5, 0.6) is 0 Å². The van der Waals surface area contributed by atoms with Gasteiger partial charge in [-0.25, -0.2) is 4.98 Å². The molecular formula is C23H18N6O4S. The van der Waals surface area contributed by atoms with E-state index in [1.54, 1.807) is 35.2 Å². The molecule has 0 spiro atoms. The summed E-state index contributed by atoms with van der Waals surface area (Å²) in [7, 11) is 0. The summed E-state index contributed by atoms with van der Waals surface area (Å²) in [6.07, 6.45) is 0.521. The van der Waals surface area contributed by atoms with E-state index in [1.165, 1.54) is 18.2 Å². The lowest BCUT2D eigenvalue weighted by Gasteiger charge is -2.17. The average Bonchev–Trinajstić information content (AvgIpc) is 3.26. The predicted molar refractivity (Wildman–Crippen MR) is 128 cm³/mol. The first kappa shape index (κ1) is 22.8. The third-order valence-corrected chi connectivity index (χ3v) is 6.19. The second-order valence-corrected chi connectivity index (χ2v) is 8.32. The number of hydrogen-bond donors (Lipinski definition) is 2. The van der Waals surface area contributed by atoms with Gasteiger partial charge in [-0.15, -0.1) is 0 Å². The molecule has 2 aromatic carbocycles. The third-order valence-electron chi connectivity index (χ3n) is 5.22. The Morgan fingerprint density at radius 3 is 2.71 bits per heavy atom. The number of benzene rings is 2. The molecule has 10 nitrogen and oxygen atoms in total. The van der Waals surface area contributed by atoms with Crippen LogP contribution >= 0.6 is 11.8 Å². The minimum atomic E-state index is -0.497. The number of nitriles is 1. The van der Waals surface area contributed by atoms with Crippen molar-refractivity contribution in [3.8, 4) is 6.07 Å². The summed E-state index contributed by atoms with van der Waals surface area (Å²) in [4.78, 5) is 41.7. The maximum Gasteiger partial charge on any atom is 0.269 e. The number of nitrogen functional groups attached to an aromatic ring is 1. The number of non-ortho nitro benzene ring substituents is 1. The number of nitro groups is 1. The van der Waals surface area contributed by atoms with E-state index in [9.17, 15) is 25.0 Å². The number of anilines is 3. The Morgan fingerprint density at radius 2 is 2.00 bits per heavy atom. The van der Waals surface area contributed by atoms with Crippen LogP contribution < -0.4 is 16.0 Å². The van der Waals surface area contributed by atoms with Gasteiger partial charge in [-0.05, 0) is 36.2 Å². The molecule has 0 radical (unpaired) electrons. The molecule has 1 aliphatic rings. The van der Waals surface area contributed by atoms with E-state index in [1.807, 2.05) is 12.1 Å². The SMILES string of the molecule is N#Cc1cc(C(=O)Nc2ccccc2)c(N)nc1SCC(=O)N1CCc2cc([N+](=O)[O-])ccc21. The fourth-order valence-electron chi connectivity index (χ4n) is 3.57. The van der Waals surface area contributed by atoms with Gasteiger partial charge in [0.1, 0.15) is 16.9 Å². The molecule has 0 saturated heterocycles. The number of thioether (sulfide) groups is 1. The van der Waals surface area contributed by atoms with Gasteiger partial charge in [0.25, 0.3) is 11.6 Å². The molecule has 1 aliphatic heterocycles. The summed E-state index contributed by atoms with van der Waals surface area (Å²) in [6.45, 7) is 0.412. The summed E-state index contributed by atoms with van der Waals surface area (Å²) >= 11 is 1.04. The zero-order valence-corrected chi connectivity index (χ0v) is 18.5. The minimum Gasteiger partial charge on any atom is -0.383 e. The molecule has 3 N–H and O–H groups in total. The first-order chi connectivity index (χ1) is 16.4. The molecule has 2 heterocycles. The molecule has 0 saturated carbocycles. The van der Waals surface area contributed by atoms with Gasteiger partial charge in [-0.3, -0.25) is 19.7 Å². The highest BCUT2D eigenvalue weighted by Crippen LogP contribution is 2.32. The Labute approximate surface area is 198 Å². The van der Waals surface area contributed by atoms with Crippen molar-refractivity contribution in [3.05, 3.63) is 81.4 Å². The van der Waals surface area contributed by atoms with E-state index in [0.717, 1.165) is 17.3 Å². The van der Waals surface area contributed by atoms with E-state index in [-0.39, 0.29) is 39.3 Å². The minimum absolute atomic E-state index is 0.0165. The number of pyridine rings is 1. The lowest BCUT2D eigenvalue weighted by Crippen LogP contribution is -2.30. The largest absolute Gasteiger partial charge is 0.383 e. The predicted octanol–water partition coefficient (Wildman–Crippen LogP) is 3.38. The lowest BCUT2D eigenvalue weighted by atomic mass is 10.1. The van der Waals surface area contributed by atoms with Crippen molar-refractivity contribution in [1.82, 2.24) is 4.98 Å². The molecule has 170 valence electrons.